The van der Waals surface area contributed by atoms with Gasteiger partial charge < -0.3 is 10.1 Å². The highest BCUT2D eigenvalue weighted by Crippen LogP contribution is 2.24. The van der Waals surface area contributed by atoms with Gasteiger partial charge in [-0.3, -0.25) is 0 Å². The first kappa shape index (κ1) is 13.1. The van der Waals surface area contributed by atoms with Crippen LogP contribution in [-0.2, 0) is 0 Å². The quantitative estimate of drug-likeness (QED) is 0.927. The molecule has 19 heavy (non-hydrogen) atoms. The largest absolute Gasteiger partial charge is 0.573 e. The molecule has 2 rings (SSSR count). The monoisotopic (exact) mass is 269 g/mol. The van der Waals surface area contributed by atoms with Gasteiger partial charge in [0.1, 0.15) is 17.4 Å². The molecule has 0 fully saturated rings. The van der Waals surface area contributed by atoms with Crippen LogP contribution in [0, 0.1) is 6.92 Å². The van der Waals surface area contributed by atoms with E-state index in [1.807, 2.05) is 13.0 Å². The van der Waals surface area contributed by atoms with Crippen LogP contribution in [0.25, 0.3) is 0 Å². The molecule has 0 spiro atoms. The second-order valence-electron chi connectivity index (χ2n) is 3.71. The van der Waals surface area contributed by atoms with Gasteiger partial charge in [0.25, 0.3) is 0 Å². The van der Waals surface area contributed by atoms with Crippen molar-refractivity contribution in [2.75, 3.05) is 5.32 Å². The minimum atomic E-state index is -4.72. The molecule has 1 N–H and O–H groups in total. The first-order valence-electron chi connectivity index (χ1n) is 5.35. The maximum atomic E-state index is 12.1. The van der Waals surface area contributed by atoms with Crippen LogP contribution in [0.3, 0.4) is 0 Å². The summed E-state index contributed by atoms with van der Waals surface area (Å²) in [5, 5.41) is 2.80. The molecule has 0 amide bonds. The third-order valence-corrected chi connectivity index (χ3v) is 2.11. The zero-order valence-corrected chi connectivity index (χ0v) is 9.90. The van der Waals surface area contributed by atoms with Gasteiger partial charge in [-0.05, 0) is 25.1 Å². The highest BCUT2D eigenvalue weighted by atomic mass is 19.4. The molecule has 2 aromatic heterocycles. The highest BCUT2D eigenvalue weighted by Gasteiger charge is 2.31. The van der Waals surface area contributed by atoms with E-state index in [1.165, 1.54) is 6.20 Å². The van der Waals surface area contributed by atoms with Crippen LogP contribution in [0.5, 0.6) is 5.75 Å². The van der Waals surface area contributed by atoms with Crippen LogP contribution in [0.1, 0.15) is 5.69 Å². The van der Waals surface area contributed by atoms with E-state index in [1.54, 1.807) is 12.1 Å². The molecule has 0 aliphatic carbocycles. The van der Waals surface area contributed by atoms with Crippen LogP contribution in [0.15, 0.2) is 36.5 Å². The van der Waals surface area contributed by atoms with Crippen molar-refractivity contribution in [1.29, 1.82) is 0 Å². The molecule has 0 radical (unpaired) electrons. The molecule has 0 aromatic carbocycles. The Kier molecular flexibility index (Phi) is 3.55. The number of rotatable bonds is 3. The van der Waals surface area contributed by atoms with E-state index in [0.29, 0.717) is 5.82 Å². The fourth-order valence-corrected chi connectivity index (χ4v) is 1.42. The molecular weight excluding hydrogens is 259 g/mol. The van der Waals surface area contributed by atoms with Gasteiger partial charge in [-0.15, -0.1) is 13.2 Å². The molecule has 100 valence electrons. The second-order valence-corrected chi connectivity index (χ2v) is 3.71. The van der Waals surface area contributed by atoms with Gasteiger partial charge >= 0.3 is 6.36 Å². The minimum absolute atomic E-state index is 0.222. The van der Waals surface area contributed by atoms with Crippen LogP contribution >= 0.6 is 0 Å². The summed E-state index contributed by atoms with van der Waals surface area (Å²) < 4.78 is 40.0. The number of anilines is 2. The maximum Gasteiger partial charge on any atom is 0.573 e. The summed E-state index contributed by atoms with van der Waals surface area (Å²) in [6, 6.07) is 7.55. The molecule has 0 unspecified atom stereocenters. The Morgan fingerprint density at radius 1 is 1.16 bits per heavy atom. The van der Waals surface area contributed by atoms with Crippen molar-refractivity contribution in [1.82, 2.24) is 9.97 Å². The average molecular weight is 269 g/mol. The Morgan fingerprint density at radius 3 is 2.63 bits per heavy atom. The van der Waals surface area contributed by atoms with Gasteiger partial charge in [-0.2, -0.15) is 0 Å². The fraction of sp³-hybridized carbons (Fsp3) is 0.167. The van der Waals surface area contributed by atoms with Crippen molar-refractivity contribution in [3.63, 3.8) is 0 Å². The number of alkyl halides is 3. The summed E-state index contributed by atoms with van der Waals surface area (Å²) >= 11 is 0. The Labute approximate surface area is 107 Å². The Hall–Kier alpha value is -2.31. The first-order valence-corrected chi connectivity index (χ1v) is 5.35. The number of hydrogen-bond donors (Lipinski definition) is 1. The molecular formula is C12H10F3N3O. The number of aryl methyl sites for hydroxylation is 1. The van der Waals surface area contributed by atoms with Crippen LogP contribution < -0.4 is 10.1 Å². The SMILES string of the molecule is Cc1cccc(Nc2cc(OC(F)(F)F)ccn2)n1. The van der Waals surface area contributed by atoms with Crippen molar-refractivity contribution in [3.05, 3.63) is 42.2 Å². The molecule has 0 aliphatic rings. The van der Waals surface area contributed by atoms with E-state index in [0.717, 1.165) is 17.8 Å². The number of ether oxygens (including phenoxy) is 1. The highest BCUT2D eigenvalue weighted by molar-refractivity contribution is 5.53. The third kappa shape index (κ3) is 4.13. The van der Waals surface area contributed by atoms with Crippen LogP contribution in [-0.4, -0.2) is 16.3 Å². The summed E-state index contributed by atoms with van der Waals surface area (Å²) in [6.07, 6.45) is -3.50. The molecule has 0 aliphatic heterocycles. The lowest BCUT2D eigenvalue weighted by Crippen LogP contribution is -2.17. The number of nitrogens with zero attached hydrogens (tertiary/aromatic N) is 2. The molecule has 4 nitrogen and oxygen atoms in total. The molecule has 0 bridgehead atoms. The summed E-state index contributed by atoms with van der Waals surface area (Å²) in [5.41, 5.74) is 0.785. The zero-order valence-electron chi connectivity index (χ0n) is 9.90. The Bertz CT molecular complexity index is 572. The smallest absolute Gasteiger partial charge is 0.406 e. The van der Waals surface area contributed by atoms with Crippen molar-refractivity contribution < 1.29 is 17.9 Å². The predicted octanol–water partition coefficient (Wildman–Crippen LogP) is 3.43. The average Bonchev–Trinajstić information content (AvgIpc) is 2.27. The fourth-order valence-electron chi connectivity index (χ4n) is 1.42. The van der Waals surface area contributed by atoms with E-state index in [2.05, 4.69) is 20.0 Å². The number of halogens is 3. The standard InChI is InChI=1S/C12H10F3N3O/c1-8-3-2-4-10(17-8)18-11-7-9(5-6-16-11)19-12(13,14)15/h2-7H,1H3,(H,16,17,18). The van der Waals surface area contributed by atoms with Gasteiger partial charge in [0.05, 0.1) is 0 Å². The van der Waals surface area contributed by atoms with Gasteiger partial charge in [-0.1, -0.05) is 6.07 Å². The van der Waals surface area contributed by atoms with Crippen LogP contribution in [0.2, 0.25) is 0 Å². The molecule has 2 aromatic rings. The summed E-state index contributed by atoms with van der Waals surface area (Å²) in [6.45, 7) is 1.81. The number of pyridine rings is 2. The second kappa shape index (κ2) is 5.13. The number of hydrogen-bond acceptors (Lipinski definition) is 4. The van der Waals surface area contributed by atoms with Crippen molar-refractivity contribution in [3.8, 4) is 5.75 Å². The molecule has 0 saturated carbocycles. The van der Waals surface area contributed by atoms with Gasteiger partial charge in [0.15, 0.2) is 0 Å². The van der Waals surface area contributed by atoms with Crippen molar-refractivity contribution in [2.24, 2.45) is 0 Å². The van der Waals surface area contributed by atoms with Gasteiger partial charge in [0, 0.05) is 18.0 Å². The van der Waals surface area contributed by atoms with E-state index in [9.17, 15) is 13.2 Å². The van der Waals surface area contributed by atoms with E-state index in [4.69, 9.17) is 0 Å². The predicted molar refractivity (Wildman–Crippen MR) is 63.2 cm³/mol. The number of aromatic nitrogens is 2. The Balaban J connectivity index is 2.15. The first-order chi connectivity index (χ1) is 8.92. The van der Waals surface area contributed by atoms with E-state index >= 15 is 0 Å². The van der Waals surface area contributed by atoms with Crippen molar-refractivity contribution in [2.45, 2.75) is 13.3 Å². The van der Waals surface area contributed by atoms with Gasteiger partial charge in [-0.25, -0.2) is 9.97 Å². The lowest BCUT2D eigenvalue weighted by atomic mass is 10.3. The number of nitrogens with one attached hydrogen (secondary N) is 1. The Morgan fingerprint density at radius 2 is 1.95 bits per heavy atom. The summed E-state index contributed by atoms with van der Waals surface area (Å²) in [5.74, 6) is 0.383. The zero-order chi connectivity index (χ0) is 13.9. The van der Waals surface area contributed by atoms with Crippen molar-refractivity contribution >= 4 is 11.6 Å². The summed E-state index contributed by atoms with van der Waals surface area (Å²) in [4.78, 5) is 8.05. The topological polar surface area (TPSA) is 47.0 Å². The lowest BCUT2D eigenvalue weighted by Gasteiger charge is -2.10. The maximum absolute atomic E-state index is 12.1. The normalized spacial score (nSPS) is 11.2. The van der Waals surface area contributed by atoms with Gasteiger partial charge in [0.2, 0.25) is 0 Å². The third-order valence-electron chi connectivity index (χ3n) is 2.11. The minimum Gasteiger partial charge on any atom is -0.406 e. The lowest BCUT2D eigenvalue weighted by molar-refractivity contribution is -0.274. The molecule has 0 atom stereocenters. The molecule has 2 heterocycles. The van der Waals surface area contributed by atoms with E-state index < -0.39 is 6.36 Å². The molecule has 7 heteroatoms. The van der Waals surface area contributed by atoms with Crippen LogP contribution in [0.4, 0.5) is 24.8 Å². The molecule has 0 saturated heterocycles. The summed E-state index contributed by atoms with van der Waals surface area (Å²) in [7, 11) is 0. The van der Waals surface area contributed by atoms with E-state index in [-0.39, 0.29) is 11.6 Å².